The highest BCUT2D eigenvalue weighted by Gasteiger charge is 2.18. The highest BCUT2D eigenvalue weighted by atomic mass is 32.1. The van der Waals surface area contributed by atoms with E-state index in [0.717, 1.165) is 0 Å². The van der Waals surface area contributed by atoms with Crippen molar-refractivity contribution >= 4 is 12.6 Å². The minimum Gasteiger partial charge on any atom is -0.478 e. The third kappa shape index (κ3) is 0.326. The van der Waals surface area contributed by atoms with Gasteiger partial charge in [-0.3, -0.25) is 0 Å². The Kier molecular flexibility index (Phi) is 0.346. The van der Waals surface area contributed by atoms with E-state index in [1.54, 1.807) is 0 Å². The molecule has 0 atom stereocenters. The van der Waals surface area contributed by atoms with Crippen LogP contribution in [0.25, 0.3) is 0 Å². The Morgan fingerprint density at radius 3 is 2.00 bits per heavy atom. The number of thiol groups is 1. The second kappa shape index (κ2) is 0.597. The molecule has 0 saturated carbocycles. The van der Waals surface area contributed by atoms with Crippen LogP contribution in [0.15, 0.2) is 11.0 Å². The molecule has 5 heavy (non-hydrogen) atoms. The Hall–Kier alpha value is -0.310. The molecule has 1 N–H and O–H groups in total. The van der Waals surface area contributed by atoms with Crippen LogP contribution in [-0.2, 0) is 4.74 Å². The van der Waals surface area contributed by atoms with Gasteiger partial charge in [0.25, 0.3) is 0 Å². The second-order valence-corrected chi connectivity index (χ2v) is 1.12. The van der Waals surface area contributed by atoms with Gasteiger partial charge in [0.2, 0.25) is 5.09 Å². The molecule has 1 aliphatic rings. The average Bonchev–Trinajstić information content (AvgIpc) is 1.79. The summed E-state index contributed by atoms with van der Waals surface area (Å²) in [5, 5.41) is 8.35. The molecule has 0 aromatic carbocycles. The quantitative estimate of drug-likeness (QED) is 0.428. The topological polar surface area (TPSA) is 32.8 Å². The monoisotopic (exact) mass is 90.0 g/mol. The standard InChI is InChI=1S/C2H2O2S/c3-1-2(5)4-1/h3,5H. The lowest BCUT2D eigenvalue weighted by atomic mass is 11.2. The van der Waals surface area contributed by atoms with Gasteiger partial charge in [-0.25, -0.2) is 0 Å². The van der Waals surface area contributed by atoms with Gasteiger partial charge in [-0.1, -0.05) is 12.6 Å². The Labute approximate surface area is 34.5 Å². The summed E-state index contributed by atoms with van der Waals surface area (Å²) >= 11 is 3.58. The maximum Gasteiger partial charge on any atom is 0.334 e. The van der Waals surface area contributed by atoms with Crippen LogP contribution in [0.5, 0.6) is 0 Å². The van der Waals surface area contributed by atoms with Gasteiger partial charge < -0.3 is 9.84 Å². The van der Waals surface area contributed by atoms with Crippen molar-refractivity contribution < 1.29 is 9.84 Å². The summed E-state index contributed by atoms with van der Waals surface area (Å²) < 4.78 is 4.17. The van der Waals surface area contributed by atoms with Crippen molar-refractivity contribution in [2.75, 3.05) is 0 Å². The van der Waals surface area contributed by atoms with Crippen molar-refractivity contribution in [1.29, 1.82) is 0 Å². The van der Waals surface area contributed by atoms with Crippen molar-refractivity contribution in [2.24, 2.45) is 0 Å². The zero-order chi connectivity index (χ0) is 3.86. The molecule has 0 radical (unpaired) electrons. The van der Waals surface area contributed by atoms with E-state index in [-0.39, 0.29) is 5.95 Å². The zero-order valence-electron chi connectivity index (χ0n) is 2.30. The van der Waals surface area contributed by atoms with Gasteiger partial charge in [0, 0.05) is 0 Å². The lowest BCUT2D eigenvalue weighted by Crippen LogP contribution is -1.44. The van der Waals surface area contributed by atoms with Crippen molar-refractivity contribution in [3.63, 3.8) is 0 Å². The minimum atomic E-state index is -0.0478. The SMILES string of the molecule is OC1=C(S)O1. The van der Waals surface area contributed by atoms with Crippen LogP contribution in [0.4, 0.5) is 0 Å². The van der Waals surface area contributed by atoms with E-state index >= 15 is 0 Å². The summed E-state index contributed by atoms with van der Waals surface area (Å²) in [5.41, 5.74) is 0. The van der Waals surface area contributed by atoms with Crippen LogP contribution in [0.2, 0.25) is 0 Å². The van der Waals surface area contributed by atoms with Gasteiger partial charge in [-0.15, -0.1) is 0 Å². The molecule has 0 spiro atoms. The minimum absolute atomic E-state index is 0.0478. The van der Waals surface area contributed by atoms with Crippen LogP contribution in [0.1, 0.15) is 0 Å². The van der Waals surface area contributed by atoms with Crippen LogP contribution in [0.3, 0.4) is 0 Å². The summed E-state index contributed by atoms with van der Waals surface area (Å²) in [5.74, 6) is -0.0478. The summed E-state index contributed by atoms with van der Waals surface area (Å²) in [6.45, 7) is 0. The summed E-state index contributed by atoms with van der Waals surface area (Å²) in [6, 6.07) is 0. The molecule has 28 valence electrons. The first-order valence-corrected chi connectivity index (χ1v) is 1.55. The van der Waals surface area contributed by atoms with E-state index in [4.69, 9.17) is 5.11 Å². The smallest absolute Gasteiger partial charge is 0.334 e. The number of aliphatic hydroxyl groups is 1. The van der Waals surface area contributed by atoms with E-state index in [1.165, 1.54) is 0 Å². The van der Waals surface area contributed by atoms with Gasteiger partial charge in [0.05, 0.1) is 0 Å². The molecule has 0 fully saturated rings. The van der Waals surface area contributed by atoms with Gasteiger partial charge in [-0.2, -0.15) is 0 Å². The summed E-state index contributed by atoms with van der Waals surface area (Å²) in [6.07, 6.45) is 0. The van der Waals surface area contributed by atoms with Gasteiger partial charge >= 0.3 is 5.95 Å². The van der Waals surface area contributed by atoms with Crippen molar-refractivity contribution in [3.05, 3.63) is 11.0 Å². The molecule has 0 aliphatic carbocycles. The van der Waals surface area contributed by atoms with Crippen LogP contribution >= 0.6 is 12.6 Å². The fourth-order valence-corrected chi connectivity index (χ4v) is 0.153. The molecule has 0 saturated heterocycles. The predicted octanol–water partition coefficient (Wildman–Crippen LogP) is 0.631. The lowest BCUT2D eigenvalue weighted by Gasteiger charge is -1.56. The highest BCUT2D eigenvalue weighted by Crippen LogP contribution is 2.25. The van der Waals surface area contributed by atoms with E-state index in [9.17, 15) is 0 Å². The molecule has 1 aliphatic heterocycles. The van der Waals surface area contributed by atoms with Crippen molar-refractivity contribution in [2.45, 2.75) is 0 Å². The summed E-state index contributed by atoms with van der Waals surface area (Å²) in [7, 11) is 0. The molecule has 0 unspecified atom stereocenters. The number of hydrogen-bond donors (Lipinski definition) is 2. The van der Waals surface area contributed by atoms with Gasteiger partial charge in [0.1, 0.15) is 0 Å². The molecule has 0 amide bonds. The third-order valence-electron chi connectivity index (χ3n) is 0.335. The summed E-state index contributed by atoms with van der Waals surface area (Å²) in [4.78, 5) is 0. The number of aliphatic hydroxyl groups excluding tert-OH is 1. The van der Waals surface area contributed by atoms with Crippen molar-refractivity contribution in [1.82, 2.24) is 0 Å². The number of ether oxygens (including phenoxy) is 1. The Morgan fingerprint density at radius 2 is 2.00 bits per heavy atom. The molecule has 0 bridgehead atoms. The van der Waals surface area contributed by atoms with E-state index < -0.39 is 0 Å². The molecular formula is C2H2O2S. The molecule has 1 heterocycles. The fourth-order valence-electron chi connectivity index (χ4n) is 0.0661. The van der Waals surface area contributed by atoms with E-state index in [2.05, 4.69) is 17.4 Å². The Balaban J connectivity index is 2.59. The van der Waals surface area contributed by atoms with Gasteiger partial charge in [-0.05, 0) is 0 Å². The third-order valence-corrected chi connectivity index (χ3v) is 0.617. The normalized spacial score (nSPS) is 18.6. The fraction of sp³-hybridized carbons (Fsp3) is 0. The molecule has 1 rings (SSSR count). The second-order valence-electron chi connectivity index (χ2n) is 0.712. The maximum atomic E-state index is 8.02. The molecule has 3 heteroatoms. The Bertz CT molecular complexity index is 75.6. The van der Waals surface area contributed by atoms with Crippen LogP contribution in [0, 0.1) is 0 Å². The lowest BCUT2D eigenvalue weighted by molar-refractivity contribution is 0.280. The van der Waals surface area contributed by atoms with E-state index in [0.29, 0.717) is 5.09 Å². The van der Waals surface area contributed by atoms with Crippen LogP contribution in [-0.4, -0.2) is 5.11 Å². The molecule has 0 aromatic heterocycles. The van der Waals surface area contributed by atoms with Crippen molar-refractivity contribution in [3.8, 4) is 0 Å². The number of rotatable bonds is 0. The Morgan fingerprint density at radius 1 is 1.80 bits per heavy atom. The molecule has 0 aromatic rings. The molecule has 2 nitrogen and oxygen atoms in total. The average molecular weight is 90.1 g/mol. The van der Waals surface area contributed by atoms with Gasteiger partial charge in [0.15, 0.2) is 0 Å². The number of hydrogen-bond acceptors (Lipinski definition) is 3. The first-order valence-electron chi connectivity index (χ1n) is 1.11. The maximum absolute atomic E-state index is 8.02. The largest absolute Gasteiger partial charge is 0.478 e. The predicted molar refractivity (Wildman–Crippen MR) is 19.7 cm³/mol. The molecular weight excluding hydrogens is 88.1 g/mol. The first-order chi connectivity index (χ1) is 2.30. The highest BCUT2D eigenvalue weighted by molar-refractivity contribution is 7.84. The van der Waals surface area contributed by atoms with E-state index in [1.807, 2.05) is 0 Å². The first kappa shape index (κ1) is 2.90. The van der Waals surface area contributed by atoms with Crippen LogP contribution < -0.4 is 0 Å². The zero-order valence-corrected chi connectivity index (χ0v) is 3.20.